The number of rotatable bonds is 8. The number of nitro benzene ring substituents is 2. The first-order chi connectivity index (χ1) is 22.3. The number of aryl methyl sites for hydroxylation is 3. The molecule has 236 valence electrons. The highest BCUT2D eigenvalue weighted by atomic mass is 16.6. The monoisotopic (exact) mass is 636 g/mol. The van der Waals surface area contributed by atoms with Gasteiger partial charge >= 0.3 is 5.69 Å². The first-order valence-electron chi connectivity index (χ1n) is 13.6. The number of aromatic hydroxyl groups is 4. The van der Waals surface area contributed by atoms with Gasteiger partial charge in [0.05, 0.1) is 26.6 Å². The summed E-state index contributed by atoms with van der Waals surface area (Å²) in [5.41, 5.74) is 1.24. The Morgan fingerprint density at radius 2 is 1.15 bits per heavy atom. The van der Waals surface area contributed by atoms with Gasteiger partial charge in [0.15, 0.2) is 5.75 Å². The molecule has 0 fully saturated rings. The summed E-state index contributed by atoms with van der Waals surface area (Å²) in [6, 6.07) is 15.3. The zero-order valence-corrected chi connectivity index (χ0v) is 24.9. The molecule has 0 unspecified atom stereocenters. The zero-order chi connectivity index (χ0) is 34.0. The summed E-state index contributed by atoms with van der Waals surface area (Å²) in [6.07, 6.45) is 0. The largest absolute Gasteiger partial charge is 0.505 e. The number of azo groups is 3. The van der Waals surface area contributed by atoms with Crippen molar-refractivity contribution in [2.45, 2.75) is 20.8 Å². The van der Waals surface area contributed by atoms with E-state index in [9.17, 15) is 40.7 Å². The van der Waals surface area contributed by atoms with Crippen LogP contribution in [0, 0.1) is 41.0 Å². The van der Waals surface area contributed by atoms with Crippen molar-refractivity contribution in [1.29, 1.82) is 0 Å². The minimum absolute atomic E-state index is 0.106. The van der Waals surface area contributed by atoms with Crippen LogP contribution in [-0.4, -0.2) is 30.3 Å². The topological polar surface area (TPSA) is 241 Å². The molecule has 5 aromatic carbocycles. The summed E-state index contributed by atoms with van der Waals surface area (Å²) >= 11 is 0. The molecule has 0 saturated heterocycles. The third-order valence-electron chi connectivity index (χ3n) is 6.84. The predicted molar refractivity (Wildman–Crippen MR) is 170 cm³/mol. The molecule has 0 aliphatic heterocycles. The van der Waals surface area contributed by atoms with Crippen LogP contribution in [0.5, 0.6) is 23.0 Å². The first-order valence-corrected chi connectivity index (χ1v) is 13.6. The third kappa shape index (κ3) is 6.65. The summed E-state index contributed by atoms with van der Waals surface area (Å²) in [5, 5.41) is 89.8. The molecule has 5 rings (SSSR count). The first kappa shape index (κ1) is 31.6. The fourth-order valence-corrected chi connectivity index (χ4v) is 4.61. The van der Waals surface area contributed by atoms with Crippen LogP contribution in [0.1, 0.15) is 16.7 Å². The van der Waals surface area contributed by atoms with E-state index in [2.05, 4.69) is 30.7 Å². The second-order valence-electron chi connectivity index (χ2n) is 10.4. The number of fused-ring (bicyclic) bond motifs is 1. The number of non-ortho nitro benzene ring substituents is 1. The van der Waals surface area contributed by atoms with Crippen molar-refractivity contribution < 1.29 is 30.3 Å². The molecular weight excluding hydrogens is 612 g/mol. The van der Waals surface area contributed by atoms with Crippen LogP contribution in [0.4, 0.5) is 45.5 Å². The van der Waals surface area contributed by atoms with Gasteiger partial charge in [0.25, 0.3) is 5.69 Å². The second kappa shape index (κ2) is 12.6. The van der Waals surface area contributed by atoms with E-state index >= 15 is 0 Å². The van der Waals surface area contributed by atoms with Crippen molar-refractivity contribution in [2.75, 3.05) is 0 Å². The van der Waals surface area contributed by atoms with E-state index in [4.69, 9.17) is 0 Å². The lowest BCUT2D eigenvalue weighted by atomic mass is 10.0. The lowest BCUT2D eigenvalue weighted by Gasteiger charge is -2.11. The Morgan fingerprint density at radius 3 is 1.77 bits per heavy atom. The Bertz CT molecular complexity index is 2180. The quantitative estimate of drug-likeness (QED) is 0.0723. The van der Waals surface area contributed by atoms with Gasteiger partial charge in [0, 0.05) is 30.3 Å². The maximum Gasteiger partial charge on any atom is 0.313 e. The molecule has 16 nitrogen and oxygen atoms in total. The van der Waals surface area contributed by atoms with Gasteiger partial charge in [-0.05, 0) is 73.2 Å². The predicted octanol–water partition coefficient (Wildman–Crippen LogP) is 9.65. The third-order valence-corrected chi connectivity index (χ3v) is 6.84. The van der Waals surface area contributed by atoms with E-state index in [0.717, 1.165) is 17.7 Å². The van der Waals surface area contributed by atoms with E-state index in [1.807, 2.05) is 13.0 Å². The average Bonchev–Trinajstić information content (AvgIpc) is 3.01. The zero-order valence-electron chi connectivity index (χ0n) is 24.9. The lowest BCUT2D eigenvalue weighted by Crippen LogP contribution is -1.89. The van der Waals surface area contributed by atoms with Gasteiger partial charge in [-0.1, -0.05) is 6.07 Å². The van der Waals surface area contributed by atoms with Gasteiger partial charge in [0.1, 0.15) is 34.2 Å². The molecule has 47 heavy (non-hydrogen) atoms. The fourth-order valence-electron chi connectivity index (χ4n) is 4.61. The molecule has 0 saturated carbocycles. The summed E-state index contributed by atoms with van der Waals surface area (Å²) in [5.74, 6) is -1.93. The molecule has 5 aromatic rings. The Morgan fingerprint density at radius 1 is 0.574 bits per heavy atom. The molecule has 0 aliphatic rings. The minimum atomic E-state index is -0.767. The van der Waals surface area contributed by atoms with E-state index in [-0.39, 0.29) is 45.3 Å². The summed E-state index contributed by atoms with van der Waals surface area (Å²) in [6.45, 7) is 5.11. The number of nitro groups is 2. The number of phenolic OH excluding ortho intramolecular Hbond substituents is 4. The van der Waals surface area contributed by atoms with Crippen LogP contribution in [0.3, 0.4) is 0 Å². The molecular formula is C31H24N8O8. The van der Waals surface area contributed by atoms with Gasteiger partial charge in [-0.25, -0.2) is 0 Å². The van der Waals surface area contributed by atoms with Crippen molar-refractivity contribution in [3.8, 4) is 23.0 Å². The smallest absolute Gasteiger partial charge is 0.313 e. The highest BCUT2D eigenvalue weighted by Crippen LogP contribution is 2.46. The summed E-state index contributed by atoms with van der Waals surface area (Å²) in [4.78, 5) is 20.9. The van der Waals surface area contributed by atoms with E-state index in [1.54, 1.807) is 26.0 Å². The SMILES string of the molecule is Cc1cc(N=Nc2cc(N=Nc3cc(C)cc4cc(C)c(N=Nc5ccc([N+](=O)[O-])cc5)c(O)c34)c(O)cc2O)c(O)c([N+](=O)[O-])c1. The molecule has 0 atom stereocenters. The number of nitrogens with zero attached hydrogens (tertiary/aromatic N) is 8. The number of hydrogen-bond donors (Lipinski definition) is 4. The second-order valence-corrected chi connectivity index (χ2v) is 10.4. The van der Waals surface area contributed by atoms with Gasteiger partial charge < -0.3 is 20.4 Å². The Kier molecular flexibility index (Phi) is 8.49. The molecule has 0 spiro atoms. The molecule has 0 bridgehead atoms. The van der Waals surface area contributed by atoms with Crippen LogP contribution in [0.15, 0.2) is 97.4 Å². The Labute approximate surface area is 264 Å². The standard InChI is InChI=1S/C31H24N8O8/c1-15-8-18-12-17(3)29(37-32-19-4-6-20(7-5-19)38(44)45)31(43)28(18)23(9-15)35-33-21-13-22(27(41)14-26(21)40)34-36-24-10-16(2)11-25(30(24)42)39(46)47/h4-14,40-43H,1-3H3. The maximum atomic E-state index is 11.3. The van der Waals surface area contributed by atoms with Crippen molar-refractivity contribution in [2.24, 2.45) is 30.7 Å². The van der Waals surface area contributed by atoms with Gasteiger partial charge in [-0.15, -0.1) is 25.6 Å². The number of hydrogen-bond acceptors (Lipinski definition) is 14. The van der Waals surface area contributed by atoms with Crippen molar-refractivity contribution in [1.82, 2.24) is 0 Å². The molecule has 0 heterocycles. The Hall–Kier alpha value is -6.84. The highest BCUT2D eigenvalue weighted by molar-refractivity contribution is 6.01. The van der Waals surface area contributed by atoms with E-state index < -0.39 is 32.8 Å². The van der Waals surface area contributed by atoms with Gasteiger partial charge in [-0.2, -0.15) is 5.11 Å². The molecule has 0 aliphatic carbocycles. The average molecular weight is 637 g/mol. The maximum absolute atomic E-state index is 11.3. The lowest BCUT2D eigenvalue weighted by molar-refractivity contribution is -0.385. The van der Waals surface area contributed by atoms with E-state index in [0.29, 0.717) is 22.2 Å². The van der Waals surface area contributed by atoms with Gasteiger partial charge in [0.2, 0.25) is 5.75 Å². The fraction of sp³-hybridized carbons (Fsp3) is 0.0968. The van der Waals surface area contributed by atoms with Crippen molar-refractivity contribution >= 4 is 56.3 Å². The number of phenols is 4. The molecule has 4 N–H and O–H groups in total. The molecule has 0 amide bonds. The Balaban J connectivity index is 1.52. The molecule has 0 aromatic heterocycles. The van der Waals surface area contributed by atoms with E-state index in [1.165, 1.54) is 36.4 Å². The van der Waals surface area contributed by atoms with Crippen LogP contribution < -0.4 is 0 Å². The van der Waals surface area contributed by atoms with Crippen molar-refractivity contribution in [3.05, 3.63) is 104 Å². The van der Waals surface area contributed by atoms with Crippen LogP contribution in [-0.2, 0) is 0 Å². The van der Waals surface area contributed by atoms with Crippen molar-refractivity contribution in [3.63, 3.8) is 0 Å². The summed E-state index contributed by atoms with van der Waals surface area (Å²) in [7, 11) is 0. The molecule has 0 radical (unpaired) electrons. The highest BCUT2D eigenvalue weighted by Gasteiger charge is 2.19. The minimum Gasteiger partial charge on any atom is -0.505 e. The number of benzene rings is 5. The van der Waals surface area contributed by atoms with Crippen LogP contribution in [0.25, 0.3) is 10.8 Å². The molecule has 16 heteroatoms. The van der Waals surface area contributed by atoms with Gasteiger partial charge in [-0.3, -0.25) is 20.2 Å². The van der Waals surface area contributed by atoms with Crippen LogP contribution >= 0.6 is 0 Å². The summed E-state index contributed by atoms with van der Waals surface area (Å²) < 4.78 is 0. The van der Waals surface area contributed by atoms with Crippen LogP contribution in [0.2, 0.25) is 0 Å². The normalized spacial score (nSPS) is 11.7.